The molecule has 0 saturated heterocycles. The summed E-state index contributed by atoms with van der Waals surface area (Å²) in [5, 5.41) is 3.18. The van der Waals surface area contributed by atoms with Crippen LogP contribution in [0, 0.1) is 13.8 Å². The summed E-state index contributed by atoms with van der Waals surface area (Å²) in [5.74, 6) is 1.58. The summed E-state index contributed by atoms with van der Waals surface area (Å²) in [6, 6.07) is 5.87. The summed E-state index contributed by atoms with van der Waals surface area (Å²) >= 11 is 0. The van der Waals surface area contributed by atoms with Gasteiger partial charge in [-0.25, -0.2) is 9.97 Å². The van der Waals surface area contributed by atoms with E-state index in [0.29, 0.717) is 0 Å². The van der Waals surface area contributed by atoms with E-state index >= 15 is 0 Å². The zero-order valence-corrected chi connectivity index (χ0v) is 10.4. The molecular weight excluding hydrogens is 212 g/mol. The summed E-state index contributed by atoms with van der Waals surface area (Å²) in [6.07, 6.45) is 1.77. The van der Waals surface area contributed by atoms with Crippen molar-refractivity contribution in [3.63, 3.8) is 0 Å². The second-order valence-electron chi connectivity index (χ2n) is 3.93. The van der Waals surface area contributed by atoms with Gasteiger partial charge in [-0.2, -0.15) is 0 Å². The van der Waals surface area contributed by atoms with E-state index in [1.165, 1.54) is 0 Å². The maximum atomic E-state index is 4.46. The van der Waals surface area contributed by atoms with Crippen LogP contribution in [-0.2, 0) is 0 Å². The second-order valence-corrected chi connectivity index (χ2v) is 3.93. The molecule has 0 aliphatic heterocycles. The normalized spacial score (nSPS) is 10.3. The largest absolute Gasteiger partial charge is 0.370 e. The average molecular weight is 228 g/mol. The molecule has 0 bridgehead atoms. The van der Waals surface area contributed by atoms with Crippen LogP contribution in [0.2, 0.25) is 0 Å². The van der Waals surface area contributed by atoms with Gasteiger partial charge in [0.15, 0.2) is 5.82 Å². The SMILES string of the molecule is CCNc1ccnc(-c2cc(C)nc(C)c2)n1. The summed E-state index contributed by atoms with van der Waals surface area (Å²) < 4.78 is 0. The van der Waals surface area contributed by atoms with Gasteiger partial charge in [0.05, 0.1) is 0 Å². The van der Waals surface area contributed by atoms with E-state index in [1.807, 2.05) is 39.0 Å². The predicted molar refractivity (Wildman–Crippen MR) is 68.9 cm³/mol. The van der Waals surface area contributed by atoms with Gasteiger partial charge in [-0.15, -0.1) is 0 Å². The predicted octanol–water partition coefficient (Wildman–Crippen LogP) is 2.59. The van der Waals surface area contributed by atoms with Gasteiger partial charge in [-0.05, 0) is 39.0 Å². The molecule has 0 atom stereocenters. The molecule has 2 aromatic rings. The lowest BCUT2D eigenvalue weighted by atomic mass is 10.2. The number of rotatable bonds is 3. The van der Waals surface area contributed by atoms with Crippen LogP contribution >= 0.6 is 0 Å². The van der Waals surface area contributed by atoms with Crippen molar-refractivity contribution in [3.8, 4) is 11.4 Å². The van der Waals surface area contributed by atoms with Crippen LogP contribution in [0.25, 0.3) is 11.4 Å². The van der Waals surface area contributed by atoms with Crippen LogP contribution in [0.4, 0.5) is 5.82 Å². The molecule has 2 heterocycles. The van der Waals surface area contributed by atoms with E-state index in [4.69, 9.17) is 0 Å². The maximum Gasteiger partial charge on any atom is 0.161 e. The first-order valence-electron chi connectivity index (χ1n) is 5.71. The fraction of sp³-hybridized carbons (Fsp3) is 0.308. The molecule has 0 aromatic carbocycles. The van der Waals surface area contributed by atoms with Crippen molar-refractivity contribution in [3.05, 3.63) is 35.8 Å². The number of nitrogens with zero attached hydrogens (tertiary/aromatic N) is 3. The lowest BCUT2D eigenvalue weighted by Gasteiger charge is -2.06. The molecule has 2 rings (SSSR count). The summed E-state index contributed by atoms with van der Waals surface area (Å²) in [4.78, 5) is 13.1. The number of hydrogen-bond acceptors (Lipinski definition) is 4. The highest BCUT2D eigenvalue weighted by Gasteiger charge is 2.04. The standard InChI is InChI=1S/C13H16N4/c1-4-14-12-5-6-15-13(17-12)11-7-9(2)16-10(3)8-11/h5-8H,4H2,1-3H3,(H,14,15,17). The van der Waals surface area contributed by atoms with Crippen molar-refractivity contribution in [2.45, 2.75) is 20.8 Å². The molecule has 4 heteroatoms. The van der Waals surface area contributed by atoms with Crippen molar-refractivity contribution in [2.24, 2.45) is 0 Å². The lowest BCUT2D eigenvalue weighted by molar-refractivity contribution is 1.09. The average Bonchev–Trinajstić information content (AvgIpc) is 2.28. The molecule has 1 N–H and O–H groups in total. The summed E-state index contributed by atoms with van der Waals surface area (Å²) in [6.45, 7) is 6.85. The minimum absolute atomic E-state index is 0.733. The number of anilines is 1. The Hall–Kier alpha value is -1.97. The molecule has 0 amide bonds. The Morgan fingerprint density at radius 1 is 1.12 bits per heavy atom. The van der Waals surface area contributed by atoms with Gasteiger partial charge < -0.3 is 5.32 Å². The number of pyridine rings is 1. The molecule has 0 aliphatic carbocycles. The molecule has 0 fully saturated rings. The Morgan fingerprint density at radius 3 is 2.47 bits per heavy atom. The first-order chi connectivity index (χ1) is 8.19. The number of aromatic nitrogens is 3. The molecule has 17 heavy (non-hydrogen) atoms. The van der Waals surface area contributed by atoms with Crippen LogP contribution in [0.5, 0.6) is 0 Å². The Bertz CT molecular complexity index is 502. The number of aryl methyl sites for hydroxylation is 2. The minimum atomic E-state index is 0.733. The molecular formula is C13H16N4. The molecule has 0 radical (unpaired) electrons. The summed E-state index contributed by atoms with van der Waals surface area (Å²) in [7, 11) is 0. The van der Waals surface area contributed by atoms with Crippen LogP contribution in [0.15, 0.2) is 24.4 Å². The van der Waals surface area contributed by atoms with Crippen LogP contribution in [0.3, 0.4) is 0 Å². The van der Waals surface area contributed by atoms with Gasteiger partial charge in [-0.3, -0.25) is 4.98 Å². The van der Waals surface area contributed by atoms with Crippen LogP contribution in [-0.4, -0.2) is 21.5 Å². The van der Waals surface area contributed by atoms with Gasteiger partial charge in [-0.1, -0.05) is 0 Å². The third-order valence-electron chi connectivity index (χ3n) is 2.35. The van der Waals surface area contributed by atoms with Crippen LogP contribution < -0.4 is 5.32 Å². The highest BCUT2D eigenvalue weighted by Crippen LogP contribution is 2.17. The van der Waals surface area contributed by atoms with Crippen molar-refractivity contribution >= 4 is 5.82 Å². The molecule has 0 spiro atoms. The molecule has 0 aliphatic rings. The smallest absolute Gasteiger partial charge is 0.161 e. The van der Waals surface area contributed by atoms with Gasteiger partial charge in [0.25, 0.3) is 0 Å². The quantitative estimate of drug-likeness (QED) is 0.877. The van der Waals surface area contributed by atoms with Gasteiger partial charge >= 0.3 is 0 Å². The molecule has 0 saturated carbocycles. The zero-order chi connectivity index (χ0) is 12.3. The number of hydrogen-bond donors (Lipinski definition) is 1. The van der Waals surface area contributed by atoms with Gasteiger partial charge in [0.2, 0.25) is 0 Å². The third-order valence-corrected chi connectivity index (χ3v) is 2.35. The maximum absolute atomic E-state index is 4.46. The lowest BCUT2D eigenvalue weighted by Crippen LogP contribution is -2.01. The van der Waals surface area contributed by atoms with E-state index in [9.17, 15) is 0 Å². The van der Waals surface area contributed by atoms with E-state index in [2.05, 4.69) is 20.3 Å². The van der Waals surface area contributed by atoms with Crippen molar-refractivity contribution in [2.75, 3.05) is 11.9 Å². The molecule has 0 unspecified atom stereocenters. The second kappa shape index (κ2) is 4.91. The van der Waals surface area contributed by atoms with E-state index < -0.39 is 0 Å². The van der Waals surface area contributed by atoms with Gasteiger partial charge in [0, 0.05) is 29.7 Å². The van der Waals surface area contributed by atoms with E-state index in [1.54, 1.807) is 6.20 Å². The molecule has 2 aromatic heterocycles. The zero-order valence-electron chi connectivity index (χ0n) is 10.4. The van der Waals surface area contributed by atoms with Crippen molar-refractivity contribution in [1.82, 2.24) is 15.0 Å². The number of nitrogens with one attached hydrogen (secondary N) is 1. The third kappa shape index (κ3) is 2.78. The van der Waals surface area contributed by atoms with Crippen LogP contribution in [0.1, 0.15) is 18.3 Å². The fourth-order valence-corrected chi connectivity index (χ4v) is 1.74. The Kier molecular flexibility index (Phi) is 3.32. The summed E-state index contributed by atoms with van der Waals surface area (Å²) in [5.41, 5.74) is 2.98. The van der Waals surface area contributed by atoms with Crippen molar-refractivity contribution in [1.29, 1.82) is 0 Å². The Morgan fingerprint density at radius 2 is 1.82 bits per heavy atom. The fourth-order valence-electron chi connectivity index (χ4n) is 1.74. The monoisotopic (exact) mass is 228 g/mol. The Balaban J connectivity index is 2.41. The Labute approximate surface area is 101 Å². The topological polar surface area (TPSA) is 50.7 Å². The first-order valence-corrected chi connectivity index (χ1v) is 5.71. The van der Waals surface area contributed by atoms with Gasteiger partial charge in [0.1, 0.15) is 5.82 Å². The first kappa shape index (κ1) is 11.5. The van der Waals surface area contributed by atoms with E-state index in [-0.39, 0.29) is 0 Å². The highest BCUT2D eigenvalue weighted by atomic mass is 15.0. The molecule has 88 valence electrons. The minimum Gasteiger partial charge on any atom is -0.370 e. The molecule has 4 nitrogen and oxygen atoms in total. The van der Waals surface area contributed by atoms with Crippen molar-refractivity contribution < 1.29 is 0 Å². The van der Waals surface area contributed by atoms with E-state index in [0.717, 1.165) is 35.1 Å². The highest BCUT2D eigenvalue weighted by molar-refractivity contribution is 5.57.